The Hall–Kier alpha value is -3.12. The van der Waals surface area contributed by atoms with Crippen molar-refractivity contribution in [2.45, 2.75) is 82.1 Å². The third-order valence-corrected chi connectivity index (χ3v) is 6.54. The molecule has 0 spiro atoms. The fourth-order valence-electron chi connectivity index (χ4n) is 3.85. The van der Waals surface area contributed by atoms with Crippen molar-refractivity contribution in [3.63, 3.8) is 0 Å². The lowest BCUT2D eigenvalue weighted by atomic mass is 9.92. The highest BCUT2D eigenvalue weighted by atomic mass is 32.1. The fourth-order valence-corrected chi connectivity index (χ4v) is 4.10. The van der Waals surface area contributed by atoms with Gasteiger partial charge in [0, 0.05) is 30.7 Å². The Labute approximate surface area is 221 Å². The summed E-state index contributed by atoms with van der Waals surface area (Å²) in [7, 11) is 0. The number of rotatable bonds is 16. The van der Waals surface area contributed by atoms with Gasteiger partial charge in [-0.25, -0.2) is 4.79 Å². The summed E-state index contributed by atoms with van der Waals surface area (Å²) >= 11 is 3.94. The van der Waals surface area contributed by atoms with E-state index in [2.05, 4.69) is 33.9 Å². The van der Waals surface area contributed by atoms with Crippen molar-refractivity contribution in [3.8, 4) is 0 Å². The highest BCUT2D eigenvalue weighted by molar-refractivity contribution is 7.80. The van der Waals surface area contributed by atoms with Gasteiger partial charge in [-0.1, -0.05) is 36.8 Å². The third kappa shape index (κ3) is 10.8. The Morgan fingerprint density at radius 2 is 1.57 bits per heavy atom. The zero-order valence-electron chi connectivity index (χ0n) is 20.8. The van der Waals surface area contributed by atoms with Crippen molar-refractivity contribution in [1.82, 2.24) is 21.3 Å². The van der Waals surface area contributed by atoms with Crippen LogP contribution in [0, 0.1) is 0 Å². The Kier molecular flexibility index (Phi) is 12.4. The average molecular weight is 537 g/mol. The van der Waals surface area contributed by atoms with Crippen LogP contribution in [-0.2, 0) is 30.4 Å². The van der Waals surface area contributed by atoms with Crippen molar-refractivity contribution in [1.29, 1.82) is 0 Å². The van der Waals surface area contributed by atoms with E-state index in [1.54, 1.807) is 30.3 Å². The second-order valence-corrected chi connectivity index (χ2v) is 9.65. The molecule has 0 aromatic heterocycles. The average Bonchev–Trinajstić information content (AvgIpc) is 2.82. The smallest absolute Gasteiger partial charge is 0.327 e. The molecule has 3 amide bonds. The predicted molar refractivity (Wildman–Crippen MR) is 139 cm³/mol. The first-order chi connectivity index (χ1) is 17.6. The minimum absolute atomic E-state index is 0.0232. The number of carboxylic acids is 2. The minimum atomic E-state index is -1.41. The van der Waals surface area contributed by atoms with Crippen molar-refractivity contribution in [2.24, 2.45) is 0 Å². The molecule has 2 rings (SSSR count). The van der Waals surface area contributed by atoms with Crippen LogP contribution in [0.4, 0.5) is 0 Å². The maximum absolute atomic E-state index is 13.0. The lowest BCUT2D eigenvalue weighted by molar-refractivity contribution is -0.142. The number of aliphatic carboxylic acids is 2. The molecule has 0 aliphatic heterocycles. The van der Waals surface area contributed by atoms with Gasteiger partial charge >= 0.3 is 11.9 Å². The maximum atomic E-state index is 13.0. The van der Waals surface area contributed by atoms with Crippen LogP contribution in [0.15, 0.2) is 30.3 Å². The molecule has 1 aliphatic carbocycles. The molecule has 4 atom stereocenters. The molecular weight excluding hydrogens is 500 g/mol. The van der Waals surface area contributed by atoms with Crippen molar-refractivity contribution in [3.05, 3.63) is 35.9 Å². The van der Waals surface area contributed by atoms with Crippen molar-refractivity contribution in [2.75, 3.05) is 5.75 Å². The minimum Gasteiger partial charge on any atom is -0.481 e. The molecule has 0 radical (unpaired) electrons. The Morgan fingerprint density at radius 1 is 0.946 bits per heavy atom. The van der Waals surface area contributed by atoms with Gasteiger partial charge < -0.3 is 31.5 Å². The molecule has 37 heavy (non-hydrogen) atoms. The van der Waals surface area contributed by atoms with E-state index in [-0.39, 0.29) is 24.6 Å². The number of benzene rings is 1. The Morgan fingerprint density at radius 3 is 2.11 bits per heavy atom. The number of carboxylic acid groups (broad SMARTS) is 2. The molecule has 0 unspecified atom stereocenters. The van der Waals surface area contributed by atoms with Gasteiger partial charge in [0.2, 0.25) is 17.7 Å². The molecule has 1 fully saturated rings. The lowest BCUT2D eigenvalue weighted by Crippen LogP contribution is -2.57. The molecule has 6 N–H and O–H groups in total. The van der Waals surface area contributed by atoms with Gasteiger partial charge in [-0.15, -0.1) is 0 Å². The van der Waals surface area contributed by atoms with Crippen LogP contribution in [0.2, 0.25) is 0 Å². The summed E-state index contributed by atoms with van der Waals surface area (Å²) in [6.45, 7) is 1.97. The molecular formula is C25H36N4O7S. The normalized spacial score (nSPS) is 16.4. The second-order valence-electron chi connectivity index (χ2n) is 9.29. The number of amides is 3. The summed E-state index contributed by atoms with van der Waals surface area (Å²) < 4.78 is 0. The Bertz CT molecular complexity index is 942. The summed E-state index contributed by atoms with van der Waals surface area (Å²) in [5.41, 5.74) is 0.687. The summed E-state index contributed by atoms with van der Waals surface area (Å²) in [6.07, 6.45) is 3.36. The topological polar surface area (TPSA) is 174 Å². The van der Waals surface area contributed by atoms with E-state index >= 15 is 0 Å². The number of carbonyl (C=O) groups is 5. The van der Waals surface area contributed by atoms with E-state index in [9.17, 15) is 34.2 Å². The van der Waals surface area contributed by atoms with Crippen LogP contribution in [0.25, 0.3) is 0 Å². The summed E-state index contributed by atoms with van der Waals surface area (Å²) in [5, 5.41) is 29.3. The molecule has 204 valence electrons. The number of carbonyl (C=O) groups excluding carboxylic acids is 3. The van der Waals surface area contributed by atoms with Gasteiger partial charge in [0.15, 0.2) is 0 Å². The van der Waals surface area contributed by atoms with E-state index in [0.29, 0.717) is 18.0 Å². The molecule has 1 aromatic rings. The van der Waals surface area contributed by atoms with Crippen LogP contribution >= 0.6 is 12.6 Å². The van der Waals surface area contributed by atoms with Gasteiger partial charge in [0.05, 0.1) is 6.42 Å². The van der Waals surface area contributed by atoms with Crippen LogP contribution in [0.1, 0.15) is 51.0 Å². The quantitative estimate of drug-likeness (QED) is 0.149. The van der Waals surface area contributed by atoms with Crippen LogP contribution in [0.5, 0.6) is 0 Å². The molecule has 0 bridgehead atoms. The molecule has 0 saturated heterocycles. The van der Waals surface area contributed by atoms with Crippen molar-refractivity contribution < 1.29 is 34.2 Å². The molecule has 1 aliphatic rings. The maximum Gasteiger partial charge on any atom is 0.327 e. The number of nitrogens with one attached hydrogen (secondary N) is 4. The molecule has 11 nitrogen and oxygen atoms in total. The highest BCUT2D eigenvalue weighted by Gasteiger charge is 2.30. The summed E-state index contributed by atoms with van der Waals surface area (Å²) in [4.78, 5) is 61.2. The van der Waals surface area contributed by atoms with E-state index in [4.69, 9.17) is 0 Å². The van der Waals surface area contributed by atoms with Crippen molar-refractivity contribution >= 4 is 42.3 Å². The molecule has 1 saturated carbocycles. The lowest BCUT2D eigenvalue weighted by Gasteiger charge is -2.30. The van der Waals surface area contributed by atoms with Crippen LogP contribution in [0.3, 0.4) is 0 Å². The zero-order valence-corrected chi connectivity index (χ0v) is 21.7. The van der Waals surface area contributed by atoms with Gasteiger partial charge in [-0.2, -0.15) is 12.6 Å². The van der Waals surface area contributed by atoms with E-state index in [0.717, 1.165) is 12.8 Å². The predicted octanol–water partition coefficient (Wildman–Crippen LogP) is 0.483. The highest BCUT2D eigenvalue weighted by Crippen LogP contribution is 2.19. The summed E-state index contributed by atoms with van der Waals surface area (Å²) in [5.74, 6) is -4.86. The number of thiol groups is 1. The molecule has 1 aromatic carbocycles. The Balaban J connectivity index is 2.06. The van der Waals surface area contributed by atoms with Gasteiger partial charge in [-0.05, 0) is 31.7 Å². The van der Waals surface area contributed by atoms with Gasteiger partial charge in [-0.3, -0.25) is 19.2 Å². The second kappa shape index (κ2) is 15.2. The van der Waals surface area contributed by atoms with Gasteiger partial charge in [0.25, 0.3) is 0 Å². The van der Waals surface area contributed by atoms with E-state index < -0.39 is 54.2 Å². The largest absolute Gasteiger partial charge is 0.481 e. The first-order valence-corrected chi connectivity index (χ1v) is 13.0. The number of hydrogen-bond donors (Lipinski definition) is 7. The van der Waals surface area contributed by atoms with E-state index in [1.807, 2.05) is 6.92 Å². The first kappa shape index (κ1) is 30.1. The standard InChI is InChI=1S/C25H36N4O7S/c1-15(26-17-8-5-9-17)10-11-21(30)27-19(13-22(31)32)24(34)28-18(12-16-6-3-2-4-7-16)23(33)29-20(14-37)25(35)36/h2-4,6-7,15,17-20,26,37H,5,8-14H2,1H3,(H,27,30)(H,28,34)(H,29,33)(H,31,32)(H,35,36)/t15-,18+,19+,20+/m1/s1. The molecule has 12 heteroatoms. The van der Waals surface area contributed by atoms with Crippen LogP contribution in [-0.4, -0.2) is 75.8 Å². The molecule has 0 heterocycles. The van der Waals surface area contributed by atoms with Crippen LogP contribution < -0.4 is 21.3 Å². The van der Waals surface area contributed by atoms with E-state index in [1.165, 1.54) is 6.42 Å². The van der Waals surface area contributed by atoms with Gasteiger partial charge in [0.1, 0.15) is 18.1 Å². The monoisotopic (exact) mass is 536 g/mol. The SMILES string of the molecule is C[C@H](CCC(=O)N[C@@H](CC(=O)O)C(=O)N[C@@H](Cc1ccccc1)C(=O)N[C@@H](CS)C(=O)O)NC1CCC1. The fraction of sp³-hybridized carbons (Fsp3) is 0.560. The third-order valence-electron chi connectivity index (χ3n) is 6.17. The number of hydrogen-bond acceptors (Lipinski definition) is 7. The first-order valence-electron chi connectivity index (χ1n) is 12.3. The zero-order chi connectivity index (χ0) is 27.4. The summed E-state index contributed by atoms with van der Waals surface area (Å²) in [6, 6.07) is 5.38.